The third kappa shape index (κ3) is 4.76. The Morgan fingerprint density at radius 1 is 1.47 bits per heavy atom. The van der Waals surface area contributed by atoms with Gasteiger partial charge in [0.2, 0.25) is 0 Å². The molecule has 0 fully saturated rings. The summed E-state index contributed by atoms with van der Waals surface area (Å²) in [6.45, 7) is 0. The monoisotopic (exact) mass is 285 g/mol. The van der Waals surface area contributed by atoms with Crippen LogP contribution in [-0.2, 0) is 0 Å². The number of hydrogen-bond acceptors (Lipinski definition) is 2. The van der Waals surface area contributed by atoms with Gasteiger partial charge in [0.1, 0.15) is 5.84 Å². The topological polar surface area (TPSA) is 62.2 Å². The SMILES string of the molecule is N=C(Br)/C=C\C(N)=Nc1cccc(Cl)c1. The molecule has 0 heterocycles. The van der Waals surface area contributed by atoms with Crippen LogP contribution in [0, 0.1) is 5.41 Å². The van der Waals surface area contributed by atoms with Crippen molar-refractivity contribution in [2.45, 2.75) is 0 Å². The highest BCUT2D eigenvalue weighted by atomic mass is 79.9. The summed E-state index contributed by atoms with van der Waals surface area (Å²) in [5.74, 6) is 0.321. The number of halogens is 2. The van der Waals surface area contributed by atoms with Gasteiger partial charge in [0.15, 0.2) is 0 Å². The van der Waals surface area contributed by atoms with Gasteiger partial charge in [0, 0.05) is 5.02 Å². The molecule has 0 amide bonds. The van der Waals surface area contributed by atoms with E-state index in [1.54, 1.807) is 24.3 Å². The number of amidine groups is 1. The lowest BCUT2D eigenvalue weighted by molar-refractivity contribution is 1.48. The van der Waals surface area contributed by atoms with Crippen LogP contribution in [0.25, 0.3) is 0 Å². The van der Waals surface area contributed by atoms with E-state index >= 15 is 0 Å². The van der Waals surface area contributed by atoms with Crippen LogP contribution < -0.4 is 5.73 Å². The molecular weight excluding hydrogens is 277 g/mol. The van der Waals surface area contributed by atoms with Crippen molar-refractivity contribution in [1.29, 1.82) is 5.41 Å². The van der Waals surface area contributed by atoms with Crippen LogP contribution >= 0.6 is 27.5 Å². The second-order valence-electron chi connectivity index (χ2n) is 2.70. The fourth-order valence-electron chi connectivity index (χ4n) is 0.891. The number of allylic oxidation sites excluding steroid dienone is 1. The van der Waals surface area contributed by atoms with Gasteiger partial charge >= 0.3 is 0 Å². The minimum Gasteiger partial charge on any atom is -0.384 e. The Kier molecular flexibility index (Phi) is 4.52. The van der Waals surface area contributed by atoms with Gasteiger partial charge in [-0.1, -0.05) is 17.7 Å². The second-order valence-corrected chi connectivity index (χ2v) is 3.99. The lowest BCUT2D eigenvalue weighted by atomic mass is 10.3. The number of nitrogens with two attached hydrogens (primary N) is 1. The highest BCUT2D eigenvalue weighted by molar-refractivity contribution is 9.18. The van der Waals surface area contributed by atoms with Gasteiger partial charge in [-0.15, -0.1) is 0 Å². The Hall–Kier alpha value is -1.13. The van der Waals surface area contributed by atoms with Crippen LogP contribution in [0.3, 0.4) is 0 Å². The molecule has 0 atom stereocenters. The molecule has 0 saturated carbocycles. The first kappa shape index (κ1) is 11.9. The van der Waals surface area contributed by atoms with E-state index in [4.69, 9.17) is 22.7 Å². The van der Waals surface area contributed by atoms with Crippen molar-refractivity contribution in [3.63, 3.8) is 0 Å². The van der Waals surface area contributed by atoms with Crippen LogP contribution in [-0.4, -0.2) is 10.5 Å². The van der Waals surface area contributed by atoms with Crippen molar-refractivity contribution < 1.29 is 0 Å². The zero-order valence-electron chi connectivity index (χ0n) is 7.74. The smallest absolute Gasteiger partial charge is 0.124 e. The van der Waals surface area contributed by atoms with Crippen molar-refractivity contribution in [3.8, 4) is 0 Å². The zero-order chi connectivity index (χ0) is 11.3. The highest BCUT2D eigenvalue weighted by Gasteiger charge is 1.92. The van der Waals surface area contributed by atoms with Crippen molar-refractivity contribution in [1.82, 2.24) is 0 Å². The van der Waals surface area contributed by atoms with Crippen molar-refractivity contribution in [3.05, 3.63) is 41.4 Å². The van der Waals surface area contributed by atoms with Crippen molar-refractivity contribution in [2.24, 2.45) is 10.7 Å². The van der Waals surface area contributed by atoms with E-state index < -0.39 is 0 Å². The van der Waals surface area contributed by atoms with E-state index in [0.29, 0.717) is 16.5 Å². The minimum atomic E-state index is 0.242. The van der Waals surface area contributed by atoms with E-state index in [1.807, 2.05) is 0 Å². The Balaban J connectivity index is 2.83. The van der Waals surface area contributed by atoms with Crippen LogP contribution in [0.5, 0.6) is 0 Å². The summed E-state index contributed by atoms with van der Waals surface area (Å²) in [5.41, 5.74) is 6.29. The summed E-state index contributed by atoms with van der Waals surface area (Å²) in [6.07, 6.45) is 3.04. The van der Waals surface area contributed by atoms with E-state index in [1.165, 1.54) is 12.2 Å². The average molecular weight is 287 g/mol. The maximum absolute atomic E-state index is 7.10. The Morgan fingerprint density at radius 2 is 2.20 bits per heavy atom. The molecule has 0 spiro atoms. The maximum Gasteiger partial charge on any atom is 0.124 e. The summed E-state index contributed by atoms with van der Waals surface area (Å²) < 4.78 is 0.242. The second kappa shape index (κ2) is 5.68. The fraction of sp³-hybridized carbons (Fsp3) is 0. The molecule has 3 nitrogen and oxygen atoms in total. The third-order valence-corrected chi connectivity index (χ3v) is 1.97. The van der Waals surface area contributed by atoms with Gasteiger partial charge in [-0.3, -0.25) is 5.41 Å². The predicted molar refractivity (Wildman–Crippen MR) is 68.5 cm³/mol. The molecule has 0 aromatic heterocycles. The van der Waals surface area contributed by atoms with E-state index in [0.717, 1.165) is 0 Å². The number of rotatable bonds is 3. The van der Waals surface area contributed by atoms with Crippen molar-refractivity contribution in [2.75, 3.05) is 0 Å². The fourth-order valence-corrected chi connectivity index (χ4v) is 1.21. The summed E-state index contributed by atoms with van der Waals surface area (Å²) in [6, 6.07) is 7.07. The molecule has 0 aliphatic heterocycles. The average Bonchev–Trinajstić information content (AvgIpc) is 2.15. The quantitative estimate of drug-likeness (QED) is 0.650. The number of aliphatic imine (C=N–C) groups is 1. The van der Waals surface area contributed by atoms with E-state index in [2.05, 4.69) is 20.9 Å². The molecule has 1 rings (SSSR count). The van der Waals surface area contributed by atoms with Gasteiger partial charge in [-0.05, 0) is 46.3 Å². The van der Waals surface area contributed by atoms with E-state index in [-0.39, 0.29) is 4.62 Å². The standard InChI is InChI=1S/C10H9BrClN3/c11-9(13)4-5-10(14)15-8-3-1-2-7(12)6-8/h1-6,13H,(H2,14,15)/b5-4-,13-9?. The lowest BCUT2D eigenvalue weighted by Gasteiger charge is -1.95. The van der Waals surface area contributed by atoms with Gasteiger partial charge in [0.25, 0.3) is 0 Å². The molecule has 0 bridgehead atoms. The van der Waals surface area contributed by atoms with Gasteiger partial charge in [-0.25, -0.2) is 4.99 Å². The Labute approximate surface area is 101 Å². The molecule has 1 aromatic rings. The van der Waals surface area contributed by atoms with Gasteiger partial charge < -0.3 is 5.73 Å². The molecule has 0 saturated heterocycles. The predicted octanol–water partition coefficient (Wildman–Crippen LogP) is 3.26. The van der Waals surface area contributed by atoms with Crippen LogP contribution in [0.4, 0.5) is 5.69 Å². The van der Waals surface area contributed by atoms with E-state index in [9.17, 15) is 0 Å². The molecule has 0 radical (unpaired) electrons. The number of nitrogens with one attached hydrogen (secondary N) is 1. The molecule has 15 heavy (non-hydrogen) atoms. The first-order valence-electron chi connectivity index (χ1n) is 4.10. The normalized spacial score (nSPS) is 12.0. The van der Waals surface area contributed by atoms with Crippen molar-refractivity contribution >= 4 is 43.7 Å². The summed E-state index contributed by atoms with van der Waals surface area (Å²) in [5, 5.41) is 7.71. The number of hydrogen-bond donors (Lipinski definition) is 2. The number of nitrogens with zero attached hydrogens (tertiary/aromatic N) is 1. The molecular formula is C10H9BrClN3. The number of benzene rings is 1. The highest BCUT2D eigenvalue weighted by Crippen LogP contribution is 2.17. The first-order chi connectivity index (χ1) is 7.08. The molecule has 0 unspecified atom stereocenters. The molecule has 5 heteroatoms. The van der Waals surface area contributed by atoms with Crippen LogP contribution in [0.1, 0.15) is 0 Å². The molecule has 3 N–H and O–H groups in total. The zero-order valence-corrected chi connectivity index (χ0v) is 10.1. The van der Waals surface area contributed by atoms with Gasteiger partial charge in [0.05, 0.1) is 10.3 Å². The third-order valence-electron chi connectivity index (χ3n) is 1.47. The lowest BCUT2D eigenvalue weighted by Crippen LogP contribution is -2.07. The van der Waals surface area contributed by atoms with Crippen LogP contribution in [0.15, 0.2) is 41.4 Å². The molecule has 0 aliphatic rings. The molecule has 0 aliphatic carbocycles. The molecule has 1 aromatic carbocycles. The van der Waals surface area contributed by atoms with Crippen LogP contribution in [0.2, 0.25) is 5.02 Å². The summed E-state index contributed by atoms with van der Waals surface area (Å²) >= 11 is 8.75. The first-order valence-corrected chi connectivity index (χ1v) is 5.27. The summed E-state index contributed by atoms with van der Waals surface area (Å²) in [4.78, 5) is 4.10. The Morgan fingerprint density at radius 3 is 2.80 bits per heavy atom. The minimum absolute atomic E-state index is 0.242. The summed E-state index contributed by atoms with van der Waals surface area (Å²) in [7, 11) is 0. The van der Waals surface area contributed by atoms with Gasteiger partial charge in [-0.2, -0.15) is 0 Å². The largest absolute Gasteiger partial charge is 0.384 e. The Bertz CT molecular complexity index is 426. The molecule has 78 valence electrons. The maximum atomic E-state index is 7.10.